The summed E-state index contributed by atoms with van der Waals surface area (Å²) in [6.07, 6.45) is 1.57. The maximum Gasteiger partial charge on any atom is 0.321 e. The highest BCUT2D eigenvalue weighted by atomic mass is 32.2. The SMILES string of the molecule is CC(C)NC(=O)NC(=O)[C@H](C)Sc1nnc(-c2ccco2)n1-c1ccccc1. The van der Waals surface area contributed by atoms with Crippen LogP contribution in [0.5, 0.6) is 0 Å². The largest absolute Gasteiger partial charge is 0.461 e. The van der Waals surface area contributed by atoms with Crippen LogP contribution in [-0.4, -0.2) is 38.0 Å². The molecule has 3 amide bonds. The molecule has 3 rings (SSSR count). The molecule has 0 spiro atoms. The number of hydrogen-bond donors (Lipinski definition) is 2. The van der Waals surface area contributed by atoms with Crippen LogP contribution < -0.4 is 10.6 Å². The molecule has 1 aromatic carbocycles. The van der Waals surface area contributed by atoms with Gasteiger partial charge < -0.3 is 9.73 Å². The van der Waals surface area contributed by atoms with E-state index in [4.69, 9.17) is 4.42 Å². The van der Waals surface area contributed by atoms with E-state index >= 15 is 0 Å². The molecule has 146 valence electrons. The number of thioether (sulfide) groups is 1. The summed E-state index contributed by atoms with van der Waals surface area (Å²) in [6, 6.07) is 12.5. The molecular formula is C19H21N5O3S. The normalized spacial score (nSPS) is 12.0. The monoisotopic (exact) mass is 399 g/mol. The molecule has 0 aliphatic heterocycles. The third-order valence-corrected chi connectivity index (χ3v) is 4.74. The summed E-state index contributed by atoms with van der Waals surface area (Å²) >= 11 is 1.21. The van der Waals surface area contributed by atoms with Gasteiger partial charge in [0.1, 0.15) is 0 Å². The van der Waals surface area contributed by atoms with E-state index in [9.17, 15) is 9.59 Å². The Balaban J connectivity index is 1.84. The Kier molecular flexibility index (Phi) is 6.15. The molecule has 3 aromatic rings. The predicted molar refractivity (Wildman–Crippen MR) is 106 cm³/mol. The fourth-order valence-corrected chi connectivity index (χ4v) is 3.31. The molecule has 0 aliphatic rings. The number of imide groups is 1. The number of para-hydroxylation sites is 1. The Morgan fingerprint density at radius 1 is 1.07 bits per heavy atom. The molecule has 0 fully saturated rings. The van der Waals surface area contributed by atoms with Crippen molar-refractivity contribution in [1.29, 1.82) is 0 Å². The second kappa shape index (κ2) is 8.75. The van der Waals surface area contributed by atoms with Crippen LogP contribution >= 0.6 is 11.8 Å². The first-order valence-electron chi connectivity index (χ1n) is 8.78. The lowest BCUT2D eigenvalue weighted by molar-refractivity contribution is -0.119. The van der Waals surface area contributed by atoms with E-state index in [1.165, 1.54) is 11.8 Å². The van der Waals surface area contributed by atoms with Gasteiger partial charge in [-0.2, -0.15) is 0 Å². The van der Waals surface area contributed by atoms with Crippen molar-refractivity contribution >= 4 is 23.7 Å². The molecule has 0 saturated heterocycles. The molecule has 2 N–H and O–H groups in total. The number of amides is 3. The van der Waals surface area contributed by atoms with Crippen molar-refractivity contribution < 1.29 is 14.0 Å². The summed E-state index contributed by atoms with van der Waals surface area (Å²) in [5.41, 5.74) is 0.839. The van der Waals surface area contributed by atoms with Crippen LogP contribution in [0.2, 0.25) is 0 Å². The molecule has 1 atom stereocenters. The van der Waals surface area contributed by atoms with Gasteiger partial charge in [-0.1, -0.05) is 30.0 Å². The van der Waals surface area contributed by atoms with Crippen molar-refractivity contribution in [3.8, 4) is 17.3 Å². The van der Waals surface area contributed by atoms with E-state index < -0.39 is 17.2 Å². The standard InChI is InChI=1S/C19H21N5O3S/c1-12(2)20-18(26)21-17(25)13(3)28-19-23-22-16(15-10-7-11-27-15)24(19)14-8-5-4-6-9-14/h4-13H,1-3H3,(H2,20,21,25,26)/t13-/m0/s1. The summed E-state index contributed by atoms with van der Waals surface area (Å²) in [4.78, 5) is 24.1. The molecular weight excluding hydrogens is 378 g/mol. The van der Waals surface area contributed by atoms with Gasteiger partial charge >= 0.3 is 6.03 Å². The summed E-state index contributed by atoms with van der Waals surface area (Å²) < 4.78 is 7.29. The fraction of sp³-hybridized carbons (Fsp3) is 0.263. The first-order chi connectivity index (χ1) is 13.5. The van der Waals surface area contributed by atoms with Gasteiger partial charge in [0.05, 0.1) is 11.5 Å². The van der Waals surface area contributed by atoms with Crippen molar-refractivity contribution in [2.75, 3.05) is 0 Å². The Bertz CT molecular complexity index is 938. The molecule has 8 nitrogen and oxygen atoms in total. The zero-order valence-corrected chi connectivity index (χ0v) is 16.6. The third-order valence-electron chi connectivity index (χ3n) is 3.70. The van der Waals surface area contributed by atoms with Crippen molar-refractivity contribution in [2.45, 2.75) is 37.2 Å². The van der Waals surface area contributed by atoms with E-state index in [-0.39, 0.29) is 6.04 Å². The number of benzene rings is 1. The molecule has 9 heteroatoms. The first kappa shape index (κ1) is 19.7. The third kappa shape index (κ3) is 4.61. The first-order valence-corrected chi connectivity index (χ1v) is 9.66. The molecule has 0 aliphatic carbocycles. The zero-order valence-electron chi connectivity index (χ0n) is 15.7. The minimum Gasteiger partial charge on any atom is -0.461 e. The van der Waals surface area contributed by atoms with Gasteiger partial charge in [-0.25, -0.2) is 4.79 Å². The minimum atomic E-state index is -0.561. The van der Waals surface area contributed by atoms with Crippen LogP contribution in [0.25, 0.3) is 17.3 Å². The van der Waals surface area contributed by atoms with Crippen molar-refractivity contribution in [2.24, 2.45) is 0 Å². The van der Waals surface area contributed by atoms with E-state index in [0.717, 1.165) is 5.69 Å². The second-order valence-electron chi connectivity index (χ2n) is 6.33. The molecule has 0 radical (unpaired) electrons. The summed E-state index contributed by atoms with van der Waals surface area (Å²) in [5.74, 6) is 0.686. The lowest BCUT2D eigenvalue weighted by atomic mass is 10.3. The number of rotatable bonds is 6. The lowest BCUT2D eigenvalue weighted by Crippen LogP contribution is -2.45. The van der Waals surface area contributed by atoms with Crippen LogP contribution in [0, 0.1) is 0 Å². The molecule has 0 saturated carbocycles. The van der Waals surface area contributed by atoms with Crippen molar-refractivity contribution in [1.82, 2.24) is 25.4 Å². The van der Waals surface area contributed by atoms with Crippen molar-refractivity contribution in [3.63, 3.8) is 0 Å². The predicted octanol–water partition coefficient (Wildman–Crippen LogP) is 3.24. The van der Waals surface area contributed by atoms with Crippen LogP contribution in [0.4, 0.5) is 4.79 Å². The van der Waals surface area contributed by atoms with Gasteiger partial charge in [0.2, 0.25) is 11.7 Å². The molecule has 0 bridgehead atoms. The topological polar surface area (TPSA) is 102 Å². The van der Waals surface area contributed by atoms with Crippen LogP contribution in [0.1, 0.15) is 20.8 Å². The number of aromatic nitrogens is 3. The minimum absolute atomic E-state index is 0.0622. The quantitative estimate of drug-likeness (QED) is 0.617. The van der Waals surface area contributed by atoms with E-state index in [1.54, 1.807) is 25.3 Å². The highest BCUT2D eigenvalue weighted by Gasteiger charge is 2.23. The van der Waals surface area contributed by atoms with Crippen molar-refractivity contribution in [3.05, 3.63) is 48.7 Å². The summed E-state index contributed by atoms with van der Waals surface area (Å²) in [5, 5.41) is 13.4. The van der Waals surface area contributed by atoms with Crippen LogP contribution in [-0.2, 0) is 4.79 Å². The summed E-state index contributed by atoms with van der Waals surface area (Å²) in [7, 11) is 0. The van der Waals surface area contributed by atoms with Gasteiger partial charge in [0.25, 0.3) is 0 Å². The maximum atomic E-state index is 12.4. The lowest BCUT2D eigenvalue weighted by Gasteiger charge is -2.14. The van der Waals surface area contributed by atoms with Gasteiger partial charge in [0.15, 0.2) is 10.9 Å². The number of nitrogens with zero attached hydrogens (tertiary/aromatic N) is 3. The van der Waals surface area contributed by atoms with Gasteiger partial charge in [0, 0.05) is 11.7 Å². The van der Waals surface area contributed by atoms with Gasteiger partial charge in [-0.05, 0) is 45.0 Å². The fourth-order valence-electron chi connectivity index (χ4n) is 2.44. The van der Waals surface area contributed by atoms with Gasteiger partial charge in [-0.15, -0.1) is 10.2 Å². The second-order valence-corrected chi connectivity index (χ2v) is 7.64. The van der Waals surface area contributed by atoms with E-state index in [0.29, 0.717) is 16.7 Å². The highest BCUT2D eigenvalue weighted by Crippen LogP contribution is 2.30. The van der Waals surface area contributed by atoms with Gasteiger partial charge in [-0.3, -0.25) is 14.7 Å². The Morgan fingerprint density at radius 2 is 1.82 bits per heavy atom. The number of carbonyl (C=O) groups is 2. The molecule has 28 heavy (non-hydrogen) atoms. The Labute approximate surface area is 166 Å². The highest BCUT2D eigenvalue weighted by molar-refractivity contribution is 8.00. The Morgan fingerprint density at radius 3 is 2.46 bits per heavy atom. The number of furan rings is 1. The smallest absolute Gasteiger partial charge is 0.321 e. The van der Waals surface area contributed by atoms with E-state index in [1.807, 2.05) is 48.7 Å². The number of nitrogens with one attached hydrogen (secondary N) is 2. The number of urea groups is 1. The Hall–Kier alpha value is -3.07. The average Bonchev–Trinajstić information content (AvgIpc) is 3.31. The number of carbonyl (C=O) groups excluding carboxylic acids is 2. The zero-order chi connectivity index (χ0) is 20.1. The maximum absolute atomic E-state index is 12.4. The average molecular weight is 399 g/mol. The molecule has 2 heterocycles. The summed E-state index contributed by atoms with van der Waals surface area (Å²) in [6.45, 7) is 5.35. The molecule has 0 unspecified atom stereocenters. The number of hydrogen-bond acceptors (Lipinski definition) is 6. The molecule has 2 aromatic heterocycles. The van der Waals surface area contributed by atoms with Crippen LogP contribution in [0.3, 0.4) is 0 Å². The van der Waals surface area contributed by atoms with E-state index in [2.05, 4.69) is 20.8 Å². The van der Waals surface area contributed by atoms with Crippen LogP contribution in [0.15, 0.2) is 58.3 Å².